The highest BCUT2D eigenvalue weighted by molar-refractivity contribution is 7.47. The van der Waals surface area contributed by atoms with Crippen LogP contribution in [0.4, 0.5) is 0 Å². The molecule has 2 atom stereocenters. The first-order chi connectivity index (χ1) is 22.8. The SMILES string of the molecule is CC/C=C/C/C=C/C/C=C/C/C=C/C/C=C/CCCCCC(=O)OC[C@@H](COP(=O)(O)OCCN)OC(=O)CCCCCCCCC. The summed E-state index contributed by atoms with van der Waals surface area (Å²) in [6.07, 6.45) is 37.0. The predicted molar refractivity (Wildman–Crippen MR) is 192 cm³/mol. The second-order valence-corrected chi connectivity index (χ2v) is 12.8. The number of carbonyl (C=O) groups excluding carboxylic acids is 2. The average molecular weight is 682 g/mol. The third-order valence-electron chi connectivity index (χ3n) is 6.92. The van der Waals surface area contributed by atoms with E-state index >= 15 is 0 Å². The summed E-state index contributed by atoms with van der Waals surface area (Å²) in [5.41, 5.74) is 5.31. The lowest BCUT2D eigenvalue weighted by atomic mass is 10.1. The molecule has 0 radical (unpaired) electrons. The van der Waals surface area contributed by atoms with Gasteiger partial charge in [-0.3, -0.25) is 18.6 Å². The van der Waals surface area contributed by atoms with Gasteiger partial charge in [0, 0.05) is 19.4 Å². The number of hydrogen-bond acceptors (Lipinski definition) is 8. The third-order valence-corrected chi connectivity index (χ3v) is 7.90. The highest BCUT2D eigenvalue weighted by atomic mass is 31.2. The minimum atomic E-state index is -4.37. The first kappa shape index (κ1) is 44.7. The van der Waals surface area contributed by atoms with E-state index in [9.17, 15) is 19.0 Å². The van der Waals surface area contributed by atoms with Crippen molar-refractivity contribution in [2.45, 2.75) is 136 Å². The van der Waals surface area contributed by atoms with Crippen LogP contribution in [0.25, 0.3) is 0 Å². The van der Waals surface area contributed by atoms with Gasteiger partial charge in [0.2, 0.25) is 0 Å². The molecule has 0 aliphatic rings. The molecular weight excluding hydrogens is 617 g/mol. The lowest BCUT2D eigenvalue weighted by Gasteiger charge is -2.19. The van der Waals surface area contributed by atoms with Crippen molar-refractivity contribution in [3.8, 4) is 0 Å². The number of nitrogens with two attached hydrogens (primary N) is 1. The van der Waals surface area contributed by atoms with E-state index in [1.165, 1.54) is 19.3 Å². The fourth-order valence-corrected chi connectivity index (χ4v) is 5.07. The number of ether oxygens (including phenoxy) is 2. The molecule has 0 rings (SSSR count). The van der Waals surface area contributed by atoms with Gasteiger partial charge in [0.1, 0.15) is 6.61 Å². The fourth-order valence-electron chi connectivity index (χ4n) is 4.31. The summed E-state index contributed by atoms with van der Waals surface area (Å²) >= 11 is 0. The molecule has 0 amide bonds. The Morgan fingerprint density at radius 3 is 1.74 bits per heavy atom. The molecule has 270 valence electrons. The molecule has 10 heteroatoms. The van der Waals surface area contributed by atoms with Crippen LogP contribution in [0.15, 0.2) is 60.8 Å². The first-order valence-electron chi connectivity index (χ1n) is 17.8. The minimum Gasteiger partial charge on any atom is -0.462 e. The normalized spacial score (nSPS) is 14.2. The standard InChI is InChI=1S/C37H64NO8P/c1-3-5-7-9-11-12-13-14-15-16-17-18-19-20-21-22-24-25-27-29-36(39)43-33-35(34-45-47(41,42)44-32-31-38)46-37(40)30-28-26-23-10-8-6-4-2/h5,7,11-12,14-15,17-18,20-21,35H,3-4,6,8-10,13,16,19,22-34,38H2,1-2H3,(H,41,42)/b7-5+,12-11+,15-14+,18-17+,21-20+/t35-/m0/s1. The zero-order valence-corrected chi connectivity index (χ0v) is 30.1. The van der Waals surface area contributed by atoms with Crippen molar-refractivity contribution in [1.29, 1.82) is 0 Å². The van der Waals surface area contributed by atoms with E-state index in [1.807, 2.05) is 0 Å². The third kappa shape index (κ3) is 33.4. The number of carbonyl (C=O) groups is 2. The zero-order valence-electron chi connectivity index (χ0n) is 29.2. The molecule has 0 spiro atoms. The van der Waals surface area contributed by atoms with Crippen molar-refractivity contribution in [3.63, 3.8) is 0 Å². The van der Waals surface area contributed by atoms with Crippen LogP contribution in [-0.4, -0.2) is 49.3 Å². The first-order valence-corrected chi connectivity index (χ1v) is 19.3. The van der Waals surface area contributed by atoms with Gasteiger partial charge in [-0.2, -0.15) is 0 Å². The summed E-state index contributed by atoms with van der Waals surface area (Å²) in [6.45, 7) is 3.49. The van der Waals surface area contributed by atoms with Crippen LogP contribution in [-0.2, 0) is 32.7 Å². The number of unbranched alkanes of at least 4 members (excludes halogenated alkanes) is 9. The van der Waals surface area contributed by atoms with Crippen molar-refractivity contribution >= 4 is 19.8 Å². The Morgan fingerprint density at radius 1 is 0.660 bits per heavy atom. The van der Waals surface area contributed by atoms with Crippen LogP contribution >= 0.6 is 7.82 Å². The molecule has 0 aliphatic heterocycles. The second-order valence-electron chi connectivity index (χ2n) is 11.4. The predicted octanol–water partition coefficient (Wildman–Crippen LogP) is 9.38. The molecule has 0 saturated heterocycles. The summed E-state index contributed by atoms with van der Waals surface area (Å²) in [7, 11) is -4.37. The number of rotatable bonds is 32. The molecule has 0 aromatic carbocycles. The van der Waals surface area contributed by atoms with E-state index in [0.29, 0.717) is 12.8 Å². The van der Waals surface area contributed by atoms with E-state index in [0.717, 1.165) is 70.6 Å². The molecule has 47 heavy (non-hydrogen) atoms. The van der Waals surface area contributed by atoms with Crippen LogP contribution in [0.1, 0.15) is 129 Å². The average Bonchev–Trinajstić information content (AvgIpc) is 3.05. The highest BCUT2D eigenvalue weighted by Crippen LogP contribution is 2.43. The Balaban J connectivity index is 4.24. The van der Waals surface area contributed by atoms with Crippen LogP contribution in [0.5, 0.6) is 0 Å². The van der Waals surface area contributed by atoms with Gasteiger partial charge in [-0.25, -0.2) is 4.57 Å². The Bertz CT molecular complexity index is 960. The van der Waals surface area contributed by atoms with Gasteiger partial charge in [-0.1, -0.05) is 120 Å². The van der Waals surface area contributed by atoms with E-state index in [1.54, 1.807) is 0 Å². The number of allylic oxidation sites excluding steroid dienone is 10. The van der Waals surface area contributed by atoms with Crippen LogP contribution in [0, 0.1) is 0 Å². The van der Waals surface area contributed by atoms with Crippen LogP contribution in [0.3, 0.4) is 0 Å². The molecule has 1 unspecified atom stereocenters. The summed E-state index contributed by atoms with van der Waals surface area (Å²) in [5.74, 6) is -0.881. The van der Waals surface area contributed by atoms with Gasteiger partial charge in [0.05, 0.1) is 13.2 Å². The van der Waals surface area contributed by atoms with Gasteiger partial charge >= 0.3 is 19.8 Å². The van der Waals surface area contributed by atoms with Crippen molar-refractivity contribution in [2.75, 3.05) is 26.4 Å². The molecule has 9 nitrogen and oxygen atoms in total. The van der Waals surface area contributed by atoms with E-state index in [4.69, 9.17) is 24.3 Å². The fraction of sp³-hybridized carbons (Fsp3) is 0.676. The maximum absolute atomic E-state index is 12.4. The van der Waals surface area contributed by atoms with E-state index in [2.05, 4.69) is 74.6 Å². The quantitative estimate of drug-likeness (QED) is 0.0308. The summed E-state index contributed by atoms with van der Waals surface area (Å²) in [6, 6.07) is 0. The number of hydrogen-bond donors (Lipinski definition) is 2. The van der Waals surface area contributed by atoms with Gasteiger partial charge in [0.25, 0.3) is 0 Å². The molecule has 0 aliphatic carbocycles. The zero-order chi connectivity index (χ0) is 34.7. The Labute approximate surface area is 285 Å². The number of esters is 2. The van der Waals surface area contributed by atoms with Crippen molar-refractivity contribution in [1.82, 2.24) is 0 Å². The lowest BCUT2D eigenvalue weighted by molar-refractivity contribution is -0.161. The lowest BCUT2D eigenvalue weighted by Crippen LogP contribution is -2.29. The smallest absolute Gasteiger partial charge is 0.462 e. The van der Waals surface area contributed by atoms with Crippen LogP contribution in [0.2, 0.25) is 0 Å². The Kier molecular flexibility index (Phi) is 32.0. The van der Waals surface area contributed by atoms with Crippen molar-refractivity contribution in [3.05, 3.63) is 60.8 Å². The largest absolute Gasteiger partial charge is 0.472 e. The van der Waals surface area contributed by atoms with Crippen molar-refractivity contribution < 1.29 is 37.6 Å². The Morgan fingerprint density at radius 2 is 1.17 bits per heavy atom. The number of phosphoric ester groups is 1. The summed E-state index contributed by atoms with van der Waals surface area (Å²) in [4.78, 5) is 34.5. The number of phosphoric acid groups is 1. The minimum absolute atomic E-state index is 0.0463. The molecule has 3 N–H and O–H groups in total. The van der Waals surface area contributed by atoms with E-state index in [-0.39, 0.29) is 32.6 Å². The molecule has 0 bridgehead atoms. The molecule has 0 heterocycles. The topological polar surface area (TPSA) is 134 Å². The maximum Gasteiger partial charge on any atom is 0.472 e. The molecule has 0 saturated carbocycles. The molecule has 0 aromatic heterocycles. The van der Waals surface area contributed by atoms with Gasteiger partial charge in [-0.15, -0.1) is 0 Å². The molecule has 0 fully saturated rings. The molecular formula is C37H64NO8P. The Hall–Kier alpha value is -2.29. The molecule has 0 aromatic rings. The van der Waals surface area contributed by atoms with Crippen LogP contribution < -0.4 is 5.73 Å². The maximum atomic E-state index is 12.4. The van der Waals surface area contributed by atoms with E-state index < -0.39 is 32.5 Å². The van der Waals surface area contributed by atoms with Gasteiger partial charge < -0.3 is 20.1 Å². The summed E-state index contributed by atoms with van der Waals surface area (Å²) in [5, 5.41) is 0. The highest BCUT2D eigenvalue weighted by Gasteiger charge is 2.25. The van der Waals surface area contributed by atoms with Gasteiger partial charge in [-0.05, 0) is 57.8 Å². The second kappa shape index (κ2) is 33.6. The van der Waals surface area contributed by atoms with Crippen molar-refractivity contribution in [2.24, 2.45) is 5.73 Å². The van der Waals surface area contributed by atoms with Gasteiger partial charge in [0.15, 0.2) is 6.10 Å². The summed E-state index contributed by atoms with van der Waals surface area (Å²) < 4.78 is 32.4. The monoisotopic (exact) mass is 681 g/mol.